The molecular weight excluding hydrogens is 304 g/mol. The van der Waals surface area contributed by atoms with Crippen molar-refractivity contribution in [2.24, 2.45) is 7.05 Å². The SMILES string of the molecule is Cc1nn(C)c(C)c1C[C@H](C)NC(=O)NC[C@H]1CN(C)CCN1C. The van der Waals surface area contributed by atoms with Crippen LogP contribution in [-0.4, -0.2) is 78.0 Å². The number of likely N-dealkylation sites (N-methyl/N-ethyl adjacent to an activating group) is 2. The van der Waals surface area contributed by atoms with E-state index in [1.54, 1.807) is 0 Å². The second-order valence-electron chi connectivity index (χ2n) is 7.13. The average molecular weight is 336 g/mol. The molecule has 0 spiro atoms. The van der Waals surface area contributed by atoms with Gasteiger partial charge in [0, 0.05) is 51.0 Å². The predicted octanol–water partition coefficient (Wildman–Crippen LogP) is 0.513. The lowest BCUT2D eigenvalue weighted by Gasteiger charge is -2.37. The van der Waals surface area contributed by atoms with Crippen LogP contribution in [0.2, 0.25) is 0 Å². The van der Waals surface area contributed by atoms with E-state index in [1.165, 1.54) is 5.56 Å². The van der Waals surface area contributed by atoms with Gasteiger partial charge in [0.25, 0.3) is 0 Å². The normalized spacial score (nSPS) is 20.8. The van der Waals surface area contributed by atoms with Crippen LogP contribution in [-0.2, 0) is 13.5 Å². The summed E-state index contributed by atoms with van der Waals surface area (Å²) in [6.45, 7) is 9.90. The number of piperazine rings is 1. The molecule has 1 aliphatic heterocycles. The van der Waals surface area contributed by atoms with Gasteiger partial charge in [0.1, 0.15) is 0 Å². The van der Waals surface area contributed by atoms with Crippen LogP contribution in [0, 0.1) is 13.8 Å². The summed E-state index contributed by atoms with van der Waals surface area (Å²) in [5.41, 5.74) is 3.42. The fourth-order valence-electron chi connectivity index (χ4n) is 3.28. The maximum atomic E-state index is 12.2. The number of aromatic nitrogens is 2. The monoisotopic (exact) mass is 336 g/mol. The first kappa shape index (κ1) is 18.7. The van der Waals surface area contributed by atoms with Gasteiger partial charge in [0.05, 0.1) is 5.69 Å². The van der Waals surface area contributed by atoms with E-state index in [4.69, 9.17) is 0 Å². The zero-order chi connectivity index (χ0) is 17.9. The van der Waals surface area contributed by atoms with E-state index >= 15 is 0 Å². The van der Waals surface area contributed by atoms with Crippen molar-refractivity contribution < 1.29 is 4.79 Å². The Morgan fingerprint density at radius 1 is 1.29 bits per heavy atom. The van der Waals surface area contributed by atoms with Gasteiger partial charge in [0.15, 0.2) is 0 Å². The zero-order valence-corrected chi connectivity index (χ0v) is 15.9. The van der Waals surface area contributed by atoms with Crippen LogP contribution < -0.4 is 10.6 Å². The van der Waals surface area contributed by atoms with Gasteiger partial charge >= 0.3 is 6.03 Å². The number of urea groups is 1. The zero-order valence-electron chi connectivity index (χ0n) is 15.9. The Morgan fingerprint density at radius 3 is 2.62 bits per heavy atom. The predicted molar refractivity (Wildman–Crippen MR) is 96.3 cm³/mol. The highest BCUT2D eigenvalue weighted by Crippen LogP contribution is 2.14. The summed E-state index contributed by atoms with van der Waals surface area (Å²) in [6, 6.07) is 0.342. The summed E-state index contributed by atoms with van der Waals surface area (Å²) >= 11 is 0. The number of hydrogen-bond donors (Lipinski definition) is 2. The molecule has 7 nitrogen and oxygen atoms in total. The Kier molecular flexibility index (Phi) is 6.23. The van der Waals surface area contributed by atoms with E-state index in [0.29, 0.717) is 12.6 Å². The van der Waals surface area contributed by atoms with Gasteiger partial charge < -0.3 is 15.5 Å². The van der Waals surface area contributed by atoms with Gasteiger partial charge in [-0.15, -0.1) is 0 Å². The maximum Gasteiger partial charge on any atom is 0.315 e. The Hall–Kier alpha value is -1.60. The number of amides is 2. The van der Waals surface area contributed by atoms with E-state index in [-0.39, 0.29) is 12.1 Å². The van der Waals surface area contributed by atoms with Gasteiger partial charge in [0.2, 0.25) is 0 Å². The molecule has 0 radical (unpaired) electrons. The van der Waals surface area contributed by atoms with E-state index in [9.17, 15) is 4.79 Å². The highest BCUT2D eigenvalue weighted by molar-refractivity contribution is 5.74. The third-order valence-electron chi connectivity index (χ3n) is 5.03. The molecule has 2 N–H and O–H groups in total. The summed E-state index contributed by atoms with van der Waals surface area (Å²) in [7, 11) is 6.20. The number of carbonyl (C=O) groups is 1. The largest absolute Gasteiger partial charge is 0.337 e. The van der Waals surface area contributed by atoms with Crippen molar-refractivity contribution in [3.63, 3.8) is 0 Å². The molecule has 0 bridgehead atoms. The Balaban J connectivity index is 1.79. The molecule has 2 amide bonds. The summed E-state index contributed by atoms with van der Waals surface area (Å²) in [5.74, 6) is 0. The van der Waals surface area contributed by atoms with Gasteiger partial charge in [-0.3, -0.25) is 9.58 Å². The molecule has 1 fully saturated rings. The summed E-state index contributed by atoms with van der Waals surface area (Å²) in [6.07, 6.45) is 0.797. The molecule has 1 aromatic rings. The van der Waals surface area contributed by atoms with Crippen molar-refractivity contribution in [1.29, 1.82) is 0 Å². The van der Waals surface area contributed by atoms with Crippen molar-refractivity contribution in [3.05, 3.63) is 17.0 Å². The van der Waals surface area contributed by atoms with Crippen molar-refractivity contribution in [1.82, 2.24) is 30.2 Å². The fraction of sp³-hybridized carbons (Fsp3) is 0.765. The van der Waals surface area contributed by atoms with Gasteiger partial charge in [-0.1, -0.05) is 0 Å². The van der Waals surface area contributed by atoms with Crippen LogP contribution in [0.15, 0.2) is 0 Å². The average Bonchev–Trinajstić information content (AvgIpc) is 2.74. The molecule has 24 heavy (non-hydrogen) atoms. The lowest BCUT2D eigenvalue weighted by atomic mass is 10.1. The van der Waals surface area contributed by atoms with Crippen molar-refractivity contribution in [2.45, 2.75) is 39.3 Å². The highest BCUT2D eigenvalue weighted by Gasteiger charge is 2.22. The lowest BCUT2D eigenvalue weighted by molar-refractivity contribution is 0.114. The molecule has 1 aliphatic rings. The van der Waals surface area contributed by atoms with Gasteiger partial charge in [-0.05, 0) is 46.9 Å². The number of nitrogens with one attached hydrogen (secondary N) is 2. The van der Waals surface area contributed by atoms with E-state index in [0.717, 1.165) is 37.4 Å². The Morgan fingerprint density at radius 2 is 2.00 bits per heavy atom. The lowest BCUT2D eigenvalue weighted by Crippen LogP contribution is -2.55. The smallest absolute Gasteiger partial charge is 0.315 e. The summed E-state index contributed by atoms with van der Waals surface area (Å²) < 4.78 is 1.90. The van der Waals surface area contributed by atoms with E-state index in [1.807, 2.05) is 25.6 Å². The van der Waals surface area contributed by atoms with E-state index in [2.05, 4.69) is 46.6 Å². The Labute approximate surface area is 145 Å². The molecule has 0 aliphatic carbocycles. The first-order valence-electron chi connectivity index (χ1n) is 8.70. The molecule has 2 heterocycles. The third kappa shape index (κ3) is 4.70. The standard InChI is InChI=1S/C17H32N6O/c1-12(9-16-13(2)20-23(6)14(16)3)19-17(24)18-10-15-11-21(4)7-8-22(15)5/h12,15H,7-11H2,1-6H3,(H2,18,19,24)/t12-,15-/m0/s1. The molecule has 0 unspecified atom stereocenters. The number of aryl methyl sites for hydroxylation is 2. The molecule has 2 rings (SSSR count). The van der Waals surface area contributed by atoms with Crippen molar-refractivity contribution in [3.8, 4) is 0 Å². The molecule has 0 aromatic carbocycles. The number of nitrogens with zero attached hydrogens (tertiary/aromatic N) is 4. The minimum Gasteiger partial charge on any atom is -0.337 e. The summed E-state index contributed by atoms with van der Waals surface area (Å²) in [4.78, 5) is 16.8. The van der Waals surface area contributed by atoms with Crippen LogP contribution in [0.3, 0.4) is 0 Å². The molecule has 2 atom stereocenters. The number of rotatable bonds is 5. The molecule has 1 aromatic heterocycles. The number of carbonyl (C=O) groups excluding carboxylic acids is 1. The van der Waals surface area contributed by atoms with Crippen LogP contribution in [0.25, 0.3) is 0 Å². The third-order valence-corrected chi connectivity index (χ3v) is 5.03. The second-order valence-corrected chi connectivity index (χ2v) is 7.13. The fourth-order valence-corrected chi connectivity index (χ4v) is 3.28. The van der Waals surface area contributed by atoms with Crippen molar-refractivity contribution in [2.75, 3.05) is 40.3 Å². The maximum absolute atomic E-state index is 12.2. The van der Waals surface area contributed by atoms with Crippen LogP contribution in [0.4, 0.5) is 4.79 Å². The van der Waals surface area contributed by atoms with Gasteiger partial charge in [-0.2, -0.15) is 5.10 Å². The van der Waals surface area contributed by atoms with E-state index < -0.39 is 0 Å². The minimum absolute atomic E-state index is 0.0679. The van der Waals surface area contributed by atoms with Gasteiger partial charge in [-0.25, -0.2) is 4.79 Å². The molecule has 7 heteroatoms. The quantitative estimate of drug-likeness (QED) is 0.822. The van der Waals surface area contributed by atoms with Crippen LogP contribution in [0.1, 0.15) is 23.9 Å². The topological polar surface area (TPSA) is 65.4 Å². The minimum atomic E-state index is -0.0941. The first-order chi connectivity index (χ1) is 11.3. The van der Waals surface area contributed by atoms with Crippen LogP contribution in [0.5, 0.6) is 0 Å². The highest BCUT2D eigenvalue weighted by atomic mass is 16.2. The number of hydrogen-bond acceptors (Lipinski definition) is 4. The molecule has 136 valence electrons. The Bertz CT molecular complexity index is 570. The van der Waals surface area contributed by atoms with Crippen LogP contribution >= 0.6 is 0 Å². The van der Waals surface area contributed by atoms with Crippen molar-refractivity contribution >= 4 is 6.03 Å². The summed E-state index contributed by atoms with van der Waals surface area (Å²) in [5, 5.41) is 10.5. The first-order valence-corrected chi connectivity index (χ1v) is 8.70. The molecule has 1 saturated heterocycles. The second kappa shape index (κ2) is 7.98. The molecule has 0 saturated carbocycles. The molecular formula is C17H32N6O.